The van der Waals surface area contributed by atoms with Crippen molar-refractivity contribution in [3.8, 4) is 5.75 Å². The number of fused-ring (bicyclic) bond motifs is 5. The Hall–Kier alpha value is -1.47. The molecule has 0 saturated carbocycles. The largest absolute Gasteiger partial charge is 1.00 e. The van der Waals surface area contributed by atoms with Crippen molar-refractivity contribution in [2.24, 2.45) is 7.05 Å². The van der Waals surface area contributed by atoms with Gasteiger partial charge in [0.25, 0.3) is 5.52 Å². The molecule has 0 atom stereocenters. The first-order valence-electron chi connectivity index (χ1n) is 6.66. The number of rotatable bonds is 1. The van der Waals surface area contributed by atoms with Crippen molar-refractivity contribution in [1.82, 2.24) is 0 Å². The standard InChI is InChI=1S/C17H13FNOS.HI/c1-19-9-15-16(11-7-6-10(18)8-14(11)21-15)12-4-3-5-13(20-2)17(12)19;/h3-9H,1-2H3;1H/q+1;/p-1. The van der Waals surface area contributed by atoms with Gasteiger partial charge in [-0.15, -0.1) is 11.3 Å². The molecule has 0 aliphatic rings. The highest BCUT2D eigenvalue weighted by Gasteiger charge is 2.18. The molecule has 0 unspecified atom stereocenters. The topological polar surface area (TPSA) is 13.1 Å². The number of ether oxygens (including phenoxy) is 1. The highest BCUT2D eigenvalue weighted by atomic mass is 127. The van der Waals surface area contributed by atoms with E-state index >= 15 is 0 Å². The Labute approximate surface area is 148 Å². The van der Waals surface area contributed by atoms with Crippen molar-refractivity contribution in [2.45, 2.75) is 0 Å². The summed E-state index contributed by atoms with van der Waals surface area (Å²) in [7, 11) is 3.69. The predicted molar refractivity (Wildman–Crippen MR) is 84.5 cm³/mol. The lowest BCUT2D eigenvalue weighted by Gasteiger charge is -2.04. The zero-order chi connectivity index (χ0) is 14.6. The molecule has 2 heterocycles. The quantitative estimate of drug-likeness (QED) is 0.330. The Morgan fingerprint density at radius 2 is 1.91 bits per heavy atom. The molecule has 4 rings (SSSR count). The lowest BCUT2D eigenvalue weighted by molar-refractivity contribution is -0.643. The Bertz CT molecular complexity index is 1010. The lowest BCUT2D eigenvalue weighted by Crippen LogP contribution is -3.00. The molecule has 0 bridgehead atoms. The number of hydrogen-bond acceptors (Lipinski definition) is 2. The highest BCUT2D eigenvalue weighted by Crippen LogP contribution is 2.38. The Kier molecular flexibility index (Phi) is 3.94. The molecule has 112 valence electrons. The normalized spacial score (nSPS) is 11.0. The third-order valence-corrected chi connectivity index (χ3v) is 4.92. The van der Waals surface area contributed by atoms with Crippen molar-refractivity contribution in [1.29, 1.82) is 0 Å². The van der Waals surface area contributed by atoms with E-state index in [2.05, 4.69) is 16.8 Å². The SMILES string of the molecule is COc1cccc2c3c(c[n+](C)c12)sc1cc(F)ccc13.[I-]. The highest BCUT2D eigenvalue weighted by molar-refractivity contribution is 7.26. The fourth-order valence-electron chi connectivity index (χ4n) is 2.95. The van der Waals surface area contributed by atoms with Crippen molar-refractivity contribution >= 4 is 42.4 Å². The van der Waals surface area contributed by atoms with E-state index in [4.69, 9.17) is 4.74 Å². The second-order valence-electron chi connectivity index (χ2n) is 5.08. The van der Waals surface area contributed by atoms with Crippen molar-refractivity contribution in [2.75, 3.05) is 7.11 Å². The molecule has 2 aromatic carbocycles. The Balaban J connectivity index is 0.00000144. The van der Waals surface area contributed by atoms with Gasteiger partial charge in [0.1, 0.15) is 17.6 Å². The molecule has 2 nitrogen and oxygen atoms in total. The van der Waals surface area contributed by atoms with Gasteiger partial charge in [-0.2, -0.15) is 4.57 Å². The van der Waals surface area contributed by atoms with Gasteiger partial charge in [-0.05, 0) is 30.3 Å². The van der Waals surface area contributed by atoms with Gasteiger partial charge in [0.15, 0.2) is 11.9 Å². The molecule has 0 saturated heterocycles. The number of benzene rings is 2. The van der Waals surface area contributed by atoms with Crippen molar-refractivity contribution in [3.63, 3.8) is 0 Å². The van der Waals surface area contributed by atoms with Gasteiger partial charge in [0.2, 0.25) is 0 Å². The number of methoxy groups -OCH3 is 1. The molecule has 5 heteroatoms. The van der Waals surface area contributed by atoms with Gasteiger partial charge >= 0.3 is 0 Å². The van der Waals surface area contributed by atoms with Crippen LogP contribution in [0.3, 0.4) is 0 Å². The molecule has 22 heavy (non-hydrogen) atoms. The maximum atomic E-state index is 13.5. The molecule has 0 amide bonds. The molecule has 0 fully saturated rings. The van der Waals surface area contributed by atoms with Crippen LogP contribution in [0.4, 0.5) is 4.39 Å². The monoisotopic (exact) mass is 425 g/mol. The summed E-state index contributed by atoms with van der Waals surface area (Å²) in [5.41, 5.74) is 1.05. The summed E-state index contributed by atoms with van der Waals surface area (Å²) >= 11 is 1.62. The summed E-state index contributed by atoms with van der Waals surface area (Å²) in [6, 6.07) is 11.0. The van der Waals surface area contributed by atoms with Gasteiger partial charge in [-0.3, -0.25) is 0 Å². The van der Waals surface area contributed by atoms with Gasteiger partial charge < -0.3 is 28.7 Å². The molecule has 0 N–H and O–H groups in total. The minimum absolute atomic E-state index is 0. The van der Waals surface area contributed by atoms with E-state index < -0.39 is 0 Å². The summed E-state index contributed by atoms with van der Waals surface area (Å²) < 4.78 is 23.1. The number of aryl methyl sites for hydroxylation is 1. The number of pyridine rings is 1. The van der Waals surface area contributed by atoms with E-state index in [0.29, 0.717) is 0 Å². The van der Waals surface area contributed by atoms with Crippen LogP contribution in [0.25, 0.3) is 31.1 Å². The number of aromatic nitrogens is 1. The maximum absolute atomic E-state index is 13.5. The summed E-state index contributed by atoms with van der Waals surface area (Å²) in [5.74, 6) is 0.652. The van der Waals surface area contributed by atoms with Gasteiger partial charge in [-0.1, -0.05) is 6.07 Å². The van der Waals surface area contributed by atoms with Crippen LogP contribution in [0, 0.1) is 5.82 Å². The van der Waals surface area contributed by atoms with Crippen LogP contribution in [0.1, 0.15) is 0 Å². The van der Waals surface area contributed by atoms with Gasteiger partial charge in [-0.25, -0.2) is 4.39 Å². The van der Waals surface area contributed by atoms with Crippen LogP contribution in [-0.4, -0.2) is 7.11 Å². The average Bonchev–Trinajstić information content (AvgIpc) is 2.83. The van der Waals surface area contributed by atoms with Crippen molar-refractivity contribution < 1.29 is 37.7 Å². The van der Waals surface area contributed by atoms with E-state index in [9.17, 15) is 4.39 Å². The summed E-state index contributed by atoms with van der Waals surface area (Å²) in [4.78, 5) is 0. The fraction of sp³-hybridized carbons (Fsp3) is 0.118. The van der Waals surface area contributed by atoms with E-state index in [1.807, 2.05) is 25.2 Å². The van der Waals surface area contributed by atoms with Crippen molar-refractivity contribution in [3.05, 3.63) is 48.4 Å². The summed E-state index contributed by atoms with van der Waals surface area (Å²) in [6.45, 7) is 0. The number of nitrogens with zero attached hydrogens (tertiary/aromatic N) is 1. The molecule has 0 aliphatic carbocycles. The number of hydrogen-bond donors (Lipinski definition) is 0. The molecule has 4 aromatic rings. The Morgan fingerprint density at radius 1 is 1.09 bits per heavy atom. The van der Waals surface area contributed by atoms with E-state index in [-0.39, 0.29) is 29.8 Å². The lowest BCUT2D eigenvalue weighted by atomic mass is 10.1. The minimum Gasteiger partial charge on any atom is -1.00 e. The van der Waals surface area contributed by atoms with Gasteiger partial charge in [0, 0.05) is 15.5 Å². The summed E-state index contributed by atoms with van der Waals surface area (Å²) in [5, 5.41) is 3.39. The minimum atomic E-state index is -0.194. The van der Waals surface area contributed by atoms with E-state index in [1.165, 1.54) is 11.5 Å². The van der Waals surface area contributed by atoms with Crippen LogP contribution < -0.4 is 33.3 Å². The molecule has 0 aliphatic heterocycles. The third-order valence-electron chi connectivity index (χ3n) is 3.83. The molecule has 0 radical (unpaired) electrons. The second-order valence-corrected chi connectivity index (χ2v) is 6.16. The van der Waals surface area contributed by atoms with E-state index in [1.54, 1.807) is 24.5 Å². The fourth-order valence-corrected chi connectivity index (χ4v) is 4.17. The number of thiophene rings is 1. The first-order chi connectivity index (χ1) is 10.2. The first-order valence-corrected chi connectivity index (χ1v) is 7.48. The first kappa shape index (κ1) is 15.4. The second kappa shape index (κ2) is 5.62. The third kappa shape index (κ3) is 2.14. The zero-order valence-electron chi connectivity index (χ0n) is 12.1. The Morgan fingerprint density at radius 3 is 2.68 bits per heavy atom. The maximum Gasteiger partial charge on any atom is 0.255 e. The predicted octanol–water partition coefficient (Wildman–Crippen LogP) is 1.18. The number of para-hydroxylation sites is 1. The molecular weight excluding hydrogens is 412 g/mol. The van der Waals surface area contributed by atoms with Crippen LogP contribution >= 0.6 is 11.3 Å². The summed E-state index contributed by atoms with van der Waals surface area (Å²) in [6.07, 6.45) is 2.09. The zero-order valence-corrected chi connectivity index (χ0v) is 15.0. The smallest absolute Gasteiger partial charge is 0.255 e. The average molecular weight is 425 g/mol. The van der Waals surface area contributed by atoms with Crippen LogP contribution in [0.2, 0.25) is 0 Å². The van der Waals surface area contributed by atoms with Gasteiger partial charge in [0.05, 0.1) is 12.5 Å². The molecule has 2 aromatic heterocycles. The molecular formula is C17H13FINOS. The van der Waals surface area contributed by atoms with Crippen LogP contribution in [0.5, 0.6) is 5.75 Å². The van der Waals surface area contributed by atoms with Crippen LogP contribution in [-0.2, 0) is 7.05 Å². The molecule has 0 spiro atoms. The number of halogens is 2. The van der Waals surface area contributed by atoms with Crippen LogP contribution in [0.15, 0.2) is 42.6 Å². The van der Waals surface area contributed by atoms with E-state index in [0.717, 1.165) is 31.4 Å².